The van der Waals surface area contributed by atoms with Crippen molar-refractivity contribution in [1.82, 2.24) is 9.88 Å². The summed E-state index contributed by atoms with van der Waals surface area (Å²) in [4.78, 5) is 25.0. The van der Waals surface area contributed by atoms with Gasteiger partial charge in [-0.15, -0.1) is 0 Å². The van der Waals surface area contributed by atoms with Gasteiger partial charge in [-0.2, -0.15) is 0 Å². The number of rotatable bonds is 5. The minimum Gasteiger partial charge on any atom is -0.376 e. The van der Waals surface area contributed by atoms with Crippen molar-refractivity contribution < 1.29 is 14.3 Å². The molecule has 1 saturated heterocycles. The molecule has 5 rings (SSSR count). The van der Waals surface area contributed by atoms with E-state index in [4.69, 9.17) is 4.74 Å². The van der Waals surface area contributed by atoms with Crippen LogP contribution in [0.4, 0.5) is 5.69 Å². The van der Waals surface area contributed by atoms with Crippen LogP contribution in [0.25, 0.3) is 22.6 Å². The molecule has 2 N–H and O–H groups in total. The molecule has 6 nitrogen and oxygen atoms in total. The molecule has 1 unspecified atom stereocenters. The number of fused-ring (bicyclic) bond motifs is 2. The Morgan fingerprint density at radius 2 is 2.03 bits per heavy atom. The Balaban J connectivity index is 1.43. The molecular formula is C24H23N3O3. The highest BCUT2D eigenvalue weighted by molar-refractivity contribution is 6.35. The zero-order chi connectivity index (χ0) is 20.5. The molecule has 3 heterocycles. The third kappa shape index (κ3) is 3.50. The van der Waals surface area contributed by atoms with E-state index < -0.39 is 0 Å². The van der Waals surface area contributed by atoms with Crippen molar-refractivity contribution in [2.45, 2.75) is 25.5 Å². The summed E-state index contributed by atoms with van der Waals surface area (Å²) in [6.45, 7) is 1.54. The molecule has 0 spiro atoms. The molecule has 30 heavy (non-hydrogen) atoms. The first-order chi connectivity index (χ1) is 14.7. The minimum atomic E-state index is -0.109. The Morgan fingerprint density at radius 1 is 1.20 bits per heavy atom. The highest BCUT2D eigenvalue weighted by Crippen LogP contribution is 2.34. The van der Waals surface area contributed by atoms with Gasteiger partial charge in [-0.1, -0.05) is 36.4 Å². The zero-order valence-electron chi connectivity index (χ0n) is 16.6. The SMILES string of the molecule is O=C(Cn1cc(/C=C2/C(=O)Nc3ccccc32)c2ccccc21)NCC1CCCO1. The van der Waals surface area contributed by atoms with E-state index in [0.717, 1.165) is 47.2 Å². The van der Waals surface area contributed by atoms with Crippen LogP contribution in [0.5, 0.6) is 0 Å². The second-order valence-corrected chi connectivity index (χ2v) is 7.73. The van der Waals surface area contributed by atoms with Crippen molar-refractivity contribution in [3.8, 4) is 0 Å². The summed E-state index contributed by atoms with van der Waals surface area (Å²) in [6.07, 6.45) is 6.02. The average Bonchev–Trinajstić information content (AvgIpc) is 3.47. The number of ether oxygens (including phenoxy) is 1. The molecular weight excluding hydrogens is 378 g/mol. The summed E-state index contributed by atoms with van der Waals surface area (Å²) in [5.74, 6) is -0.156. The Labute approximate surface area is 174 Å². The molecule has 2 aliphatic rings. The number of amides is 2. The standard InChI is InChI=1S/C24H23N3O3/c28-23(25-13-17-6-5-11-30-17)15-27-14-16(18-7-2-4-10-22(18)27)12-20-19-8-1-3-9-21(19)26-24(20)29/h1-4,7-10,12,14,17H,5-6,11,13,15H2,(H,25,28)(H,26,29)/b20-12+. The van der Waals surface area contributed by atoms with Crippen LogP contribution in [-0.4, -0.2) is 35.6 Å². The number of carbonyl (C=O) groups is 2. The lowest BCUT2D eigenvalue weighted by Crippen LogP contribution is -2.34. The van der Waals surface area contributed by atoms with E-state index in [9.17, 15) is 9.59 Å². The Bertz CT molecular complexity index is 1160. The van der Waals surface area contributed by atoms with Gasteiger partial charge in [0.25, 0.3) is 5.91 Å². The third-order valence-corrected chi connectivity index (χ3v) is 5.69. The molecule has 1 aromatic heterocycles. The summed E-state index contributed by atoms with van der Waals surface area (Å²) in [5.41, 5.74) is 4.23. The Hall–Kier alpha value is -3.38. The molecule has 0 saturated carbocycles. The van der Waals surface area contributed by atoms with Crippen molar-refractivity contribution in [1.29, 1.82) is 0 Å². The summed E-state index contributed by atoms with van der Waals surface area (Å²) in [5, 5.41) is 6.89. The van der Waals surface area contributed by atoms with E-state index in [1.807, 2.05) is 65.4 Å². The van der Waals surface area contributed by atoms with Crippen molar-refractivity contribution in [2.24, 2.45) is 0 Å². The van der Waals surface area contributed by atoms with Gasteiger partial charge in [-0.05, 0) is 31.1 Å². The number of hydrogen-bond acceptors (Lipinski definition) is 3. The predicted octanol–water partition coefficient (Wildman–Crippen LogP) is 3.43. The predicted molar refractivity (Wildman–Crippen MR) is 117 cm³/mol. The van der Waals surface area contributed by atoms with Crippen LogP contribution in [0.15, 0.2) is 54.7 Å². The van der Waals surface area contributed by atoms with Crippen LogP contribution in [0, 0.1) is 0 Å². The van der Waals surface area contributed by atoms with Gasteiger partial charge < -0.3 is 19.9 Å². The summed E-state index contributed by atoms with van der Waals surface area (Å²) in [7, 11) is 0. The normalized spacial score (nSPS) is 19.3. The number of nitrogens with zero attached hydrogens (tertiary/aromatic N) is 1. The lowest BCUT2D eigenvalue weighted by atomic mass is 10.0. The number of benzene rings is 2. The minimum absolute atomic E-state index is 0.0468. The summed E-state index contributed by atoms with van der Waals surface area (Å²) < 4.78 is 7.51. The van der Waals surface area contributed by atoms with Crippen LogP contribution in [0.2, 0.25) is 0 Å². The molecule has 152 valence electrons. The van der Waals surface area contributed by atoms with E-state index in [1.165, 1.54) is 0 Å². The van der Waals surface area contributed by atoms with Crippen LogP contribution >= 0.6 is 0 Å². The fraction of sp³-hybridized carbons (Fsp3) is 0.250. The van der Waals surface area contributed by atoms with Gasteiger partial charge >= 0.3 is 0 Å². The maximum absolute atomic E-state index is 12.5. The Morgan fingerprint density at radius 3 is 2.90 bits per heavy atom. The van der Waals surface area contributed by atoms with Gasteiger partial charge in [0.05, 0.1) is 6.10 Å². The second kappa shape index (κ2) is 7.80. The highest BCUT2D eigenvalue weighted by atomic mass is 16.5. The maximum atomic E-state index is 12.5. The van der Waals surface area contributed by atoms with Crippen LogP contribution in [0.1, 0.15) is 24.0 Å². The molecule has 2 aliphatic heterocycles. The number of carbonyl (C=O) groups excluding carboxylic acids is 2. The average molecular weight is 401 g/mol. The first kappa shape index (κ1) is 18.6. The fourth-order valence-electron chi connectivity index (χ4n) is 4.20. The third-order valence-electron chi connectivity index (χ3n) is 5.69. The lowest BCUT2D eigenvalue weighted by molar-refractivity contribution is -0.122. The molecule has 1 fully saturated rings. The van der Waals surface area contributed by atoms with Crippen LogP contribution in [-0.2, 0) is 20.9 Å². The topological polar surface area (TPSA) is 72.4 Å². The van der Waals surface area contributed by atoms with Gasteiger partial charge in [0.15, 0.2) is 0 Å². The summed E-state index contributed by atoms with van der Waals surface area (Å²) >= 11 is 0. The second-order valence-electron chi connectivity index (χ2n) is 7.73. The zero-order valence-corrected chi connectivity index (χ0v) is 16.6. The summed E-state index contributed by atoms with van der Waals surface area (Å²) in [6, 6.07) is 15.6. The monoisotopic (exact) mass is 401 g/mol. The number of para-hydroxylation sites is 2. The molecule has 6 heteroatoms. The van der Waals surface area contributed by atoms with Gasteiger partial charge in [0.2, 0.25) is 5.91 Å². The molecule has 2 amide bonds. The number of aromatic nitrogens is 1. The molecule has 1 atom stereocenters. The molecule has 0 radical (unpaired) electrons. The van der Waals surface area contributed by atoms with Crippen LogP contribution < -0.4 is 10.6 Å². The smallest absolute Gasteiger partial charge is 0.256 e. The first-order valence-corrected chi connectivity index (χ1v) is 10.3. The van der Waals surface area contributed by atoms with E-state index in [0.29, 0.717) is 12.1 Å². The van der Waals surface area contributed by atoms with Gasteiger partial charge in [0, 0.05) is 52.6 Å². The first-order valence-electron chi connectivity index (χ1n) is 10.3. The van der Waals surface area contributed by atoms with Crippen molar-refractivity contribution in [3.05, 3.63) is 65.9 Å². The van der Waals surface area contributed by atoms with Crippen molar-refractivity contribution in [3.63, 3.8) is 0 Å². The maximum Gasteiger partial charge on any atom is 0.256 e. The highest BCUT2D eigenvalue weighted by Gasteiger charge is 2.24. The molecule has 0 bridgehead atoms. The largest absolute Gasteiger partial charge is 0.376 e. The van der Waals surface area contributed by atoms with Gasteiger partial charge in [0.1, 0.15) is 6.54 Å². The number of anilines is 1. The van der Waals surface area contributed by atoms with E-state index >= 15 is 0 Å². The molecule has 3 aromatic rings. The molecule has 0 aliphatic carbocycles. The van der Waals surface area contributed by atoms with Crippen LogP contribution in [0.3, 0.4) is 0 Å². The Kier molecular flexibility index (Phi) is 4.85. The quantitative estimate of drug-likeness (QED) is 0.644. The van der Waals surface area contributed by atoms with E-state index in [-0.39, 0.29) is 24.5 Å². The van der Waals surface area contributed by atoms with Gasteiger partial charge in [-0.3, -0.25) is 9.59 Å². The molecule has 2 aromatic carbocycles. The number of nitrogens with one attached hydrogen (secondary N) is 2. The fourth-order valence-corrected chi connectivity index (χ4v) is 4.20. The lowest BCUT2D eigenvalue weighted by Gasteiger charge is -2.11. The van der Waals surface area contributed by atoms with E-state index in [2.05, 4.69) is 10.6 Å². The number of hydrogen-bond donors (Lipinski definition) is 2. The van der Waals surface area contributed by atoms with E-state index in [1.54, 1.807) is 0 Å². The van der Waals surface area contributed by atoms with Crippen molar-refractivity contribution in [2.75, 3.05) is 18.5 Å². The van der Waals surface area contributed by atoms with Gasteiger partial charge in [-0.25, -0.2) is 0 Å². The van der Waals surface area contributed by atoms with Crippen molar-refractivity contribution >= 4 is 40.1 Å².